The highest BCUT2D eigenvalue weighted by Crippen LogP contribution is 2.30. The lowest BCUT2D eigenvalue weighted by Crippen LogP contribution is -2.35. The van der Waals surface area contributed by atoms with E-state index in [4.69, 9.17) is 9.47 Å². The molecule has 1 aliphatic carbocycles. The minimum Gasteiger partial charge on any atom is -0.495 e. The van der Waals surface area contributed by atoms with Crippen LogP contribution in [0.15, 0.2) is 18.2 Å². The van der Waals surface area contributed by atoms with Crippen molar-refractivity contribution in [2.75, 3.05) is 25.6 Å². The summed E-state index contributed by atoms with van der Waals surface area (Å²) < 4.78 is 10.4. The molecule has 0 radical (unpaired) electrons. The van der Waals surface area contributed by atoms with Crippen molar-refractivity contribution in [2.24, 2.45) is 5.92 Å². The highest BCUT2D eigenvalue weighted by molar-refractivity contribution is 5.95. The van der Waals surface area contributed by atoms with Crippen molar-refractivity contribution in [3.05, 3.63) is 23.8 Å². The molecule has 1 saturated carbocycles. The van der Waals surface area contributed by atoms with Gasteiger partial charge in [-0.1, -0.05) is 18.9 Å². The molecule has 2 aliphatic rings. The molecular formula is C20H26N2O5. The van der Waals surface area contributed by atoms with Crippen LogP contribution in [-0.2, 0) is 19.1 Å². The molecule has 0 bridgehead atoms. The molecule has 7 nitrogen and oxygen atoms in total. The molecule has 0 spiro atoms. The summed E-state index contributed by atoms with van der Waals surface area (Å²) in [4.78, 5) is 38.4. The van der Waals surface area contributed by atoms with E-state index in [1.165, 1.54) is 7.11 Å². The van der Waals surface area contributed by atoms with Crippen molar-refractivity contribution >= 4 is 23.5 Å². The van der Waals surface area contributed by atoms with E-state index in [9.17, 15) is 14.4 Å². The molecule has 1 aliphatic heterocycles. The molecule has 1 atom stereocenters. The molecule has 3 rings (SSSR count). The number of nitrogens with zero attached hydrogens (tertiary/aromatic N) is 1. The standard InChI is InChI=1S/C20H26N2O5/c1-13-7-8-17(26-2)16(9-13)21-18(23)12-27-20(25)14-10-19(24)22(11-14)15-5-3-4-6-15/h7-9,14-15H,3-6,10-12H2,1-2H3,(H,21,23)/t14-/m0/s1. The Kier molecular flexibility index (Phi) is 5.98. The highest BCUT2D eigenvalue weighted by atomic mass is 16.5. The lowest BCUT2D eigenvalue weighted by Gasteiger charge is -2.23. The Morgan fingerprint density at radius 3 is 2.70 bits per heavy atom. The van der Waals surface area contributed by atoms with Gasteiger partial charge in [-0.3, -0.25) is 14.4 Å². The van der Waals surface area contributed by atoms with E-state index in [0.717, 1.165) is 31.2 Å². The van der Waals surface area contributed by atoms with Crippen LogP contribution in [-0.4, -0.2) is 49.0 Å². The first-order chi connectivity index (χ1) is 13.0. The Morgan fingerprint density at radius 1 is 1.26 bits per heavy atom. The third-order valence-corrected chi connectivity index (χ3v) is 5.23. The SMILES string of the molecule is COc1ccc(C)cc1NC(=O)COC(=O)[C@H]1CC(=O)N(C2CCCC2)C1. The van der Waals surface area contributed by atoms with Gasteiger partial charge in [0.25, 0.3) is 5.91 Å². The van der Waals surface area contributed by atoms with Crippen LogP contribution in [0.3, 0.4) is 0 Å². The van der Waals surface area contributed by atoms with Gasteiger partial charge in [0.2, 0.25) is 5.91 Å². The monoisotopic (exact) mass is 374 g/mol. The maximum absolute atomic E-state index is 12.3. The van der Waals surface area contributed by atoms with E-state index in [0.29, 0.717) is 18.0 Å². The van der Waals surface area contributed by atoms with Gasteiger partial charge in [-0.05, 0) is 37.5 Å². The molecule has 1 heterocycles. The van der Waals surface area contributed by atoms with Gasteiger partial charge < -0.3 is 19.7 Å². The number of carbonyl (C=O) groups excluding carboxylic acids is 3. The van der Waals surface area contributed by atoms with Crippen molar-refractivity contribution in [1.29, 1.82) is 0 Å². The van der Waals surface area contributed by atoms with E-state index in [1.807, 2.05) is 17.9 Å². The molecular weight excluding hydrogens is 348 g/mol. The highest BCUT2D eigenvalue weighted by Gasteiger charge is 2.39. The number of nitrogens with one attached hydrogen (secondary N) is 1. The van der Waals surface area contributed by atoms with Crippen LogP contribution in [0, 0.1) is 12.8 Å². The Hall–Kier alpha value is -2.57. The first kappa shape index (κ1) is 19.2. The summed E-state index contributed by atoms with van der Waals surface area (Å²) in [7, 11) is 1.52. The molecule has 2 amide bonds. The van der Waals surface area contributed by atoms with Crippen molar-refractivity contribution in [3.63, 3.8) is 0 Å². The van der Waals surface area contributed by atoms with Gasteiger partial charge in [-0.15, -0.1) is 0 Å². The zero-order valence-corrected chi connectivity index (χ0v) is 15.8. The van der Waals surface area contributed by atoms with Crippen LogP contribution in [0.25, 0.3) is 0 Å². The van der Waals surface area contributed by atoms with Crippen LogP contribution in [0.1, 0.15) is 37.7 Å². The first-order valence-corrected chi connectivity index (χ1v) is 9.38. The quantitative estimate of drug-likeness (QED) is 0.772. The number of aryl methyl sites for hydroxylation is 1. The largest absolute Gasteiger partial charge is 0.495 e. The van der Waals surface area contributed by atoms with Gasteiger partial charge in [0.1, 0.15) is 5.75 Å². The second-order valence-electron chi connectivity index (χ2n) is 7.25. The number of anilines is 1. The third kappa shape index (κ3) is 4.59. The van der Waals surface area contributed by atoms with Crippen LogP contribution >= 0.6 is 0 Å². The van der Waals surface area contributed by atoms with Gasteiger partial charge in [0.05, 0.1) is 18.7 Å². The lowest BCUT2D eigenvalue weighted by atomic mass is 10.1. The van der Waals surface area contributed by atoms with E-state index in [-0.39, 0.29) is 25.0 Å². The predicted octanol–water partition coefficient (Wildman–Crippen LogP) is 2.28. The van der Waals surface area contributed by atoms with Crippen LogP contribution in [0.2, 0.25) is 0 Å². The minimum absolute atomic E-state index is 0.0119. The summed E-state index contributed by atoms with van der Waals surface area (Å²) in [5, 5.41) is 2.69. The first-order valence-electron chi connectivity index (χ1n) is 9.38. The van der Waals surface area contributed by atoms with Crippen LogP contribution in [0.4, 0.5) is 5.69 Å². The third-order valence-electron chi connectivity index (χ3n) is 5.23. The minimum atomic E-state index is -0.491. The van der Waals surface area contributed by atoms with E-state index >= 15 is 0 Å². The van der Waals surface area contributed by atoms with Crippen LogP contribution < -0.4 is 10.1 Å². The zero-order valence-electron chi connectivity index (χ0n) is 15.8. The molecule has 146 valence electrons. The number of ether oxygens (including phenoxy) is 2. The average molecular weight is 374 g/mol. The second kappa shape index (κ2) is 8.41. The number of amides is 2. The number of rotatable bonds is 6. The van der Waals surface area contributed by atoms with Gasteiger partial charge in [0.15, 0.2) is 6.61 Å². The fourth-order valence-electron chi connectivity index (χ4n) is 3.82. The molecule has 1 aromatic carbocycles. The molecule has 0 unspecified atom stereocenters. The number of benzene rings is 1. The maximum Gasteiger partial charge on any atom is 0.311 e. The topological polar surface area (TPSA) is 84.9 Å². The smallest absolute Gasteiger partial charge is 0.311 e. The number of esters is 1. The summed E-state index contributed by atoms with van der Waals surface area (Å²) in [5.41, 5.74) is 1.50. The summed E-state index contributed by atoms with van der Waals surface area (Å²) in [6.45, 7) is 1.92. The van der Waals surface area contributed by atoms with Crippen LogP contribution in [0.5, 0.6) is 5.75 Å². The van der Waals surface area contributed by atoms with E-state index in [1.54, 1.807) is 12.1 Å². The Balaban J connectivity index is 1.50. The zero-order chi connectivity index (χ0) is 19.4. The molecule has 1 aromatic rings. The molecule has 7 heteroatoms. The Morgan fingerprint density at radius 2 is 2.00 bits per heavy atom. The van der Waals surface area contributed by atoms with Gasteiger partial charge in [-0.2, -0.15) is 0 Å². The Bertz CT molecular complexity index is 727. The number of carbonyl (C=O) groups is 3. The summed E-state index contributed by atoms with van der Waals surface area (Å²) in [6.07, 6.45) is 4.45. The van der Waals surface area contributed by atoms with Gasteiger partial charge in [-0.25, -0.2) is 0 Å². The molecule has 1 N–H and O–H groups in total. The normalized spacial score (nSPS) is 20.0. The Labute approximate surface area is 159 Å². The number of hydrogen-bond acceptors (Lipinski definition) is 5. The number of hydrogen-bond donors (Lipinski definition) is 1. The lowest BCUT2D eigenvalue weighted by molar-refractivity contribution is -0.151. The number of likely N-dealkylation sites (tertiary alicyclic amines) is 1. The molecule has 27 heavy (non-hydrogen) atoms. The van der Waals surface area contributed by atoms with Crippen molar-refractivity contribution in [3.8, 4) is 5.75 Å². The maximum atomic E-state index is 12.3. The fraction of sp³-hybridized carbons (Fsp3) is 0.550. The molecule has 0 aromatic heterocycles. The van der Waals surface area contributed by atoms with Gasteiger partial charge >= 0.3 is 5.97 Å². The predicted molar refractivity (Wildman–Crippen MR) is 99.4 cm³/mol. The summed E-state index contributed by atoms with van der Waals surface area (Å²) in [5.74, 6) is -0.870. The van der Waals surface area contributed by atoms with Crippen molar-refractivity contribution in [1.82, 2.24) is 4.90 Å². The average Bonchev–Trinajstić information content (AvgIpc) is 3.29. The fourth-order valence-corrected chi connectivity index (χ4v) is 3.82. The number of methoxy groups -OCH3 is 1. The van der Waals surface area contributed by atoms with Gasteiger partial charge in [0, 0.05) is 19.0 Å². The van der Waals surface area contributed by atoms with Crippen molar-refractivity contribution < 1.29 is 23.9 Å². The molecule has 1 saturated heterocycles. The van der Waals surface area contributed by atoms with E-state index < -0.39 is 17.8 Å². The second-order valence-corrected chi connectivity index (χ2v) is 7.25. The van der Waals surface area contributed by atoms with E-state index in [2.05, 4.69) is 5.32 Å². The summed E-state index contributed by atoms with van der Waals surface area (Å²) in [6, 6.07) is 5.68. The van der Waals surface area contributed by atoms with Crippen molar-refractivity contribution in [2.45, 2.75) is 45.1 Å². The summed E-state index contributed by atoms with van der Waals surface area (Å²) >= 11 is 0. The molecule has 2 fully saturated rings.